The molecule has 0 N–H and O–H groups in total. The number of fused-ring (bicyclic) bond motifs is 7. The number of hydrogen-bond donors (Lipinski definition) is 0. The summed E-state index contributed by atoms with van der Waals surface area (Å²) in [6, 6.07) is 60.8. The first-order chi connectivity index (χ1) is 26.2. The molecule has 0 fully saturated rings. The maximum Gasteiger partial charge on any atom is 0.0434 e. The van der Waals surface area contributed by atoms with Crippen LogP contribution in [0.1, 0.15) is 5.56 Å². The van der Waals surface area contributed by atoms with E-state index in [1.807, 2.05) is 11.3 Å². The van der Waals surface area contributed by atoms with E-state index in [0.717, 1.165) is 0 Å². The summed E-state index contributed by atoms with van der Waals surface area (Å²) in [5.74, 6) is 0. The molecule has 0 spiro atoms. The van der Waals surface area contributed by atoms with Crippen LogP contribution in [-0.4, -0.2) is 0 Å². The highest BCUT2D eigenvalue weighted by molar-refractivity contribution is 7.26. The Balaban J connectivity index is 1.18. The van der Waals surface area contributed by atoms with Gasteiger partial charge in [0.15, 0.2) is 0 Å². The molecule has 2 heterocycles. The number of thiophene rings is 2. The quantitative estimate of drug-likeness (QED) is 0.160. The summed E-state index contributed by atoms with van der Waals surface area (Å²) in [5, 5.41) is 17.5. The van der Waals surface area contributed by atoms with Crippen molar-refractivity contribution in [1.82, 2.24) is 0 Å². The maximum absolute atomic E-state index is 2.45. The molecule has 0 aliphatic rings. The van der Waals surface area contributed by atoms with Crippen molar-refractivity contribution in [3.05, 3.63) is 180 Å². The predicted molar refractivity (Wildman–Crippen MR) is 234 cm³/mol. The van der Waals surface area contributed by atoms with Crippen molar-refractivity contribution in [2.24, 2.45) is 0 Å². The van der Waals surface area contributed by atoms with E-state index >= 15 is 0 Å². The van der Waals surface area contributed by atoms with Crippen LogP contribution in [0.4, 0.5) is 0 Å². The standard InChI is InChI=1S/C51H32S2/c1-31-29-52-30-45(31)50-41-22-11-7-18-37(41)48(38-19-8-12-23-42(38)50)33-26-27-34-43-24-13-25-44(51(43)53-46(34)28-33)49-39-20-9-5-16-35(39)47(32-14-3-2-4-15-32)36-17-6-10-21-40(36)49/h2-30H,1H3. The van der Waals surface area contributed by atoms with Crippen molar-refractivity contribution in [2.75, 3.05) is 0 Å². The Labute approximate surface area is 315 Å². The summed E-state index contributed by atoms with van der Waals surface area (Å²) in [7, 11) is 0. The molecule has 0 saturated carbocycles. The van der Waals surface area contributed by atoms with E-state index in [4.69, 9.17) is 0 Å². The third-order valence-corrected chi connectivity index (χ3v) is 13.2. The van der Waals surface area contributed by atoms with Crippen LogP contribution in [0.3, 0.4) is 0 Å². The monoisotopic (exact) mass is 708 g/mol. The predicted octanol–water partition coefficient (Wildman–Crippen LogP) is 15.7. The van der Waals surface area contributed by atoms with Gasteiger partial charge < -0.3 is 0 Å². The van der Waals surface area contributed by atoms with Gasteiger partial charge in [0.05, 0.1) is 0 Å². The molecule has 0 amide bonds. The van der Waals surface area contributed by atoms with Crippen molar-refractivity contribution in [1.29, 1.82) is 0 Å². The van der Waals surface area contributed by atoms with Crippen LogP contribution in [0.25, 0.3) is 108 Å². The summed E-state index contributed by atoms with van der Waals surface area (Å²) in [6.07, 6.45) is 0. The van der Waals surface area contributed by atoms with Crippen LogP contribution in [-0.2, 0) is 0 Å². The van der Waals surface area contributed by atoms with Crippen LogP contribution in [0.15, 0.2) is 175 Å². The van der Waals surface area contributed by atoms with Crippen LogP contribution >= 0.6 is 22.7 Å². The van der Waals surface area contributed by atoms with Crippen LogP contribution in [0.2, 0.25) is 0 Å². The molecule has 248 valence electrons. The molecule has 0 unspecified atom stereocenters. The minimum atomic E-state index is 1.25. The lowest BCUT2D eigenvalue weighted by Crippen LogP contribution is -1.90. The Morgan fingerprint density at radius 3 is 1.34 bits per heavy atom. The van der Waals surface area contributed by atoms with Crippen molar-refractivity contribution in [3.8, 4) is 44.5 Å². The second-order valence-corrected chi connectivity index (χ2v) is 15.8. The molecule has 0 bridgehead atoms. The summed E-state index contributed by atoms with van der Waals surface area (Å²) in [6.45, 7) is 2.23. The molecule has 0 aliphatic heterocycles. The SMILES string of the molecule is Cc1cscc1-c1c2ccccc2c(-c2ccc3c(c2)sc2c(-c4c5ccccc5c(-c5ccccc5)c5ccccc45)cccc23)c2ccccc12. The Bertz CT molecular complexity index is 3120. The van der Waals surface area contributed by atoms with E-state index in [1.54, 1.807) is 11.3 Å². The molecule has 0 saturated heterocycles. The number of benzene rings is 9. The minimum absolute atomic E-state index is 1.25. The first-order valence-electron chi connectivity index (χ1n) is 18.2. The highest BCUT2D eigenvalue weighted by Crippen LogP contribution is 2.50. The average Bonchev–Trinajstić information content (AvgIpc) is 3.81. The van der Waals surface area contributed by atoms with E-state index in [-0.39, 0.29) is 0 Å². The van der Waals surface area contributed by atoms with Crippen molar-refractivity contribution in [2.45, 2.75) is 6.92 Å². The second-order valence-electron chi connectivity index (χ2n) is 14.0. The van der Waals surface area contributed by atoms with E-state index in [0.29, 0.717) is 0 Å². The first kappa shape index (κ1) is 30.6. The van der Waals surface area contributed by atoms with Crippen LogP contribution < -0.4 is 0 Å². The molecule has 0 aliphatic carbocycles. The zero-order chi connectivity index (χ0) is 35.0. The number of hydrogen-bond acceptors (Lipinski definition) is 2. The minimum Gasteiger partial charge on any atom is -0.151 e. The highest BCUT2D eigenvalue weighted by atomic mass is 32.1. The van der Waals surface area contributed by atoms with Crippen LogP contribution in [0.5, 0.6) is 0 Å². The lowest BCUT2D eigenvalue weighted by Gasteiger charge is -2.18. The fourth-order valence-corrected chi connectivity index (χ4v) is 10.9. The zero-order valence-electron chi connectivity index (χ0n) is 29.1. The molecule has 11 rings (SSSR count). The first-order valence-corrected chi connectivity index (χ1v) is 19.9. The van der Waals surface area contributed by atoms with Gasteiger partial charge in [0, 0.05) is 25.7 Å². The fraction of sp³-hybridized carbons (Fsp3) is 0.0196. The highest BCUT2D eigenvalue weighted by Gasteiger charge is 2.21. The van der Waals surface area contributed by atoms with Gasteiger partial charge in [-0.15, -0.1) is 11.3 Å². The van der Waals surface area contributed by atoms with Crippen molar-refractivity contribution < 1.29 is 0 Å². The van der Waals surface area contributed by atoms with Gasteiger partial charge in [-0.2, -0.15) is 11.3 Å². The Morgan fingerprint density at radius 1 is 0.340 bits per heavy atom. The smallest absolute Gasteiger partial charge is 0.0434 e. The molecule has 11 aromatic rings. The van der Waals surface area contributed by atoms with Crippen molar-refractivity contribution >= 4 is 85.9 Å². The zero-order valence-corrected chi connectivity index (χ0v) is 30.7. The van der Waals surface area contributed by atoms with Crippen LogP contribution in [0, 0.1) is 6.92 Å². The normalized spacial score (nSPS) is 11.9. The number of aryl methyl sites for hydroxylation is 1. The molecule has 0 nitrogen and oxygen atoms in total. The second kappa shape index (κ2) is 12.0. The van der Waals surface area contributed by atoms with Gasteiger partial charge in [-0.1, -0.05) is 158 Å². The Kier molecular flexibility index (Phi) is 6.92. The lowest BCUT2D eigenvalue weighted by atomic mass is 9.85. The van der Waals surface area contributed by atoms with Gasteiger partial charge in [0.1, 0.15) is 0 Å². The van der Waals surface area contributed by atoms with Gasteiger partial charge >= 0.3 is 0 Å². The van der Waals surface area contributed by atoms with Gasteiger partial charge in [-0.3, -0.25) is 0 Å². The van der Waals surface area contributed by atoms with E-state index in [9.17, 15) is 0 Å². The molecular formula is C51H32S2. The molecule has 0 radical (unpaired) electrons. The summed E-state index contributed by atoms with van der Waals surface area (Å²) in [4.78, 5) is 0. The topological polar surface area (TPSA) is 0 Å². The van der Waals surface area contributed by atoms with E-state index in [2.05, 4.69) is 181 Å². The third kappa shape index (κ3) is 4.59. The molecule has 0 atom stereocenters. The average molecular weight is 709 g/mol. The van der Waals surface area contributed by atoms with E-state index < -0.39 is 0 Å². The summed E-state index contributed by atoms with van der Waals surface area (Å²) >= 11 is 3.71. The Hall–Kier alpha value is -6.06. The van der Waals surface area contributed by atoms with E-state index in [1.165, 1.54) is 113 Å². The van der Waals surface area contributed by atoms with Gasteiger partial charge in [-0.05, 0) is 111 Å². The lowest BCUT2D eigenvalue weighted by molar-refractivity contribution is 1.55. The van der Waals surface area contributed by atoms with Gasteiger partial charge in [-0.25, -0.2) is 0 Å². The van der Waals surface area contributed by atoms with Crippen molar-refractivity contribution in [3.63, 3.8) is 0 Å². The molecule has 9 aromatic carbocycles. The molecule has 2 heteroatoms. The summed E-state index contributed by atoms with van der Waals surface area (Å²) < 4.78 is 2.64. The number of rotatable bonds is 4. The maximum atomic E-state index is 2.45. The van der Waals surface area contributed by atoms with Gasteiger partial charge in [0.25, 0.3) is 0 Å². The summed E-state index contributed by atoms with van der Waals surface area (Å²) in [5.41, 5.74) is 11.7. The third-order valence-electron chi connectivity index (χ3n) is 11.1. The van der Waals surface area contributed by atoms with Gasteiger partial charge in [0.2, 0.25) is 0 Å². The molecule has 53 heavy (non-hydrogen) atoms. The molecular weight excluding hydrogens is 677 g/mol. The largest absolute Gasteiger partial charge is 0.151 e. The molecule has 2 aromatic heterocycles. The fourth-order valence-electron chi connectivity index (χ4n) is 8.83. The Morgan fingerprint density at radius 2 is 0.811 bits per heavy atom.